The minimum Gasteiger partial charge on any atom is -0.355 e. The number of anilines is 1. The van der Waals surface area contributed by atoms with Crippen molar-refractivity contribution >= 4 is 29.0 Å². The highest BCUT2D eigenvalue weighted by Crippen LogP contribution is 2.26. The van der Waals surface area contributed by atoms with Crippen molar-refractivity contribution in [3.8, 4) is 5.69 Å². The van der Waals surface area contributed by atoms with E-state index >= 15 is 0 Å². The van der Waals surface area contributed by atoms with Gasteiger partial charge in [-0.15, -0.1) is 11.3 Å². The molecule has 2 aromatic heterocycles. The Kier molecular flexibility index (Phi) is 8.03. The second-order valence-corrected chi connectivity index (χ2v) is 11.2. The fraction of sp³-hybridized carbons (Fsp3) is 0.444. The van der Waals surface area contributed by atoms with Crippen LogP contribution in [0.2, 0.25) is 0 Å². The third kappa shape index (κ3) is 6.80. The zero-order valence-corrected chi connectivity index (χ0v) is 21.6. The van der Waals surface area contributed by atoms with Gasteiger partial charge in [0.05, 0.1) is 17.9 Å². The number of nitrogens with one attached hydrogen (secondary N) is 2. The average molecular weight is 494 g/mol. The summed E-state index contributed by atoms with van der Waals surface area (Å²) in [5.74, 6) is 0.756. The van der Waals surface area contributed by atoms with E-state index in [0.29, 0.717) is 18.9 Å². The highest BCUT2D eigenvalue weighted by Gasteiger charge is 2.26. The molecule has 0 aliphatic carbocycles. The Morgan fingerprint density at radius 3 is 2.49 bits per heavy atom. The Balaban J connectivity index is 1.28. The van der Waals surface area contributed by atoms with Gasteiger partial charge >= 0.3 is 0 Å². The molecule has 1 aromatic carbocycles. The first-order valence-corrected chi connectivity index (χ1v) is 13.2. The number of hydrogen-bond donors (Lipinski definition) is 2. The van der Waals surface area contributed by atoms with Crippen LogP contribution in [0, 0.1) is 5.92 Å². The molecule has 0 saturated carbocycles. The molecule has 1 fully saturated rings. The molecule has 1 aliphatic heterocycles. The van der Waals surface area contributed by atoms with Crippen molar-refractivity contribution < 1.29 is 9.59 Å². The molecule has 2 amide bonds. The smallest absolute Gasteiger partial charge is 0.239 e. The van der Waals surface area contributed by atoms with Crippen LogP contribution in [0.3, 0.4) is 0 Å². The largest absolute Gasteiger partial charge is 0.355 e. The topological polar surface area (TPSA) is 79.3 Å². The van der Waals surface area contributed by atoms with Crippen LogP contribution < -0.4 is 10.6 Å². The molecule has 0 atom stereocenters. The second-order valence-electron chi connectivity index (χ2n) is 10.1. The molecule has 2 N–H and O–H groups in total. The molecule has 0 bridgehead atoms. The normalized spacial score (nSPS) is 15.2. The summed E-state index contributed by atoms with van der Waals surface area (Å²) in [6.07, 6.45) is 2.42. The van der Waals surface area contributed by atoms with E-state index < -0.39 is 0 Å². The summed E-state index contributed by atoms with van der Waals surface area (Å²) in [7, 11) is 0. The van der Waals surface area contributed by atoms with E-state index in [1.54, 1.807) is 16.0 Å². The standard InChI is InChI=1S/C27H35N5O2S/c1-27(2,3)23-18-24(32(30-23)21-8-5-4-6-9-21)29-25(33)19-31-15-12-20(13-16-31)26(34)28-14-11-22-10-7-17-35-22/h4-10,17-18,20H,11-16,19H2,1-3H3,(H,28,34)(H,29,33). The third-order valence-corrected chi connectivity index (χ3v) is 7.26. The van der Waals surface area contributed by atoms with E-state index in [2.05, 4.69) is 47.8 Å². The molecule has 0 radical (unpaired) electrons. The minimum absolute atomic E-state index is 0.0199. The van der Waals surface area contributed by atoms with Gasteiger partial charge in [-0.25, -0.2) is 4.68 Å². The van der Waals surface area contributed by atoms with Crippen LogP contribution in [0.4, 0.5) is 5.82 Å². The SMILES string of the molecule is CC(C)(C)c1cc(NC(=O)CN2CCC(C(=O)NCCc3cccs3)CC2)n(-c2ccccc2)n1. The van der Waals surface area contributed by atoms with Gasteiger partial charge < -0.3 is 10.6 Å². The van der Waals surface area contributed by atoms with Gasteiger partial charge in [0.1, 0.15) is 5.82 Å². The maximum Gasteiger partial charge on any atom is 0.239 e. The number of thiophene rings is 1. The summed E-state index contributed by atoms with van der Waals surface area (Å²) in [5.41, 5.74) is 1.69. The number of carbonyl (C=O) groups excluding carboxylic acids is 2. The molecule has 8 heteroatoms. The minimum atomic E-state index is -0.133. The van der Waals surface area contributed by atoms with Crippen LogP contribution in [0.1, 0.15) is 44.2 Å². The molecule has 0 unspecified atom stereocenters. The molecule has 3 heterocycles. The fourth-order valence-corrected chi connectivity index (χ4v) is 4.96. The van der Waals surface area contributed by atoms with Crippen molar-refractivity contribution in [1.82, 2.24) is 20.0 Å². The number of hydrogen-bond acceptors (Lipinski definition) is 5. The number of amides is 2. The van der Waals surface area contributed by atoms with Gasteiger partial charge in [-0.2, -0.15) is 5.10 Å². The molecular weight excluding hydrogens is 458 g/mol. The highest BCUT2D eigenvalue weighted by molar-refractivity contribution is 7.09. The summed E-state index contributed by atoms with van der Waals surface area (Å²) >= 11 is 1.72. The lowest BCUT2D eigenvalue weighted by atomic mass is 9.92. The Morgan fingerprint density at radius 1 is 1.09 bits per heavy atom. The zero-order chi connectivity index (χ0) is 24.8. The van der Waals surface area contributed by atoms with Crippen molar-refractivity contribution in [3.63, 3.8) is 0 Å². The first-order valence-electron chi connectivity index (χ1n) is 12.3. The maximum atomic E-state index is 12.9. The van der Waals surface area contributed by atoms with Crippen molar-refractivity contribution in [2.45, 2.75) is 45.4 Å². The van der Waals surface area contributed by atoms with Crippen LogP contribution >= 0.6 is 11.3 Å². The predicted molar refractivity (Wildman–Crippen MR) is 141 cm³/mol. The number of piperidine rings is 1. The first-order chi connectivity index (χ1) is 16.8. The van der Waals surface area contributed by atoms with Gasteiger partial charge in [0, 0.05) is 28.8 Å². The van der Waals surface area contributed by atoms with Gasteiger partial charge in [-0.05, 0) is 55.9 Å². The number of rotatable bonds is 8. The molecule has 1 aliphatic rings. The van der Waals surface area contributed by atoms with Crippen molar-refractivity contribution in [1.29, 1.82) is 0 Å². The van der Waals surface area contributed by atoms with Crippen LogP contribution in [0.15, 0.2) is 53.9 Å². The van der Waals surface area contributed by atoms with Gasteiger partial charge in [-0.1, -0.05) is 45.0 Å². The molecule has 3 aromatic rings. The van der Waals surface area contributed by atoms with Crippen molar-refractivity contribution in [2.24, 2.45) is 5.92 Å². The van der Waals surface area contributed by atoms with E-state index in [1.807, 2.05) is 42.5 Å². The van der Waals surface area contributed by atoms with Gasteiger partial charge in [0.15, 0.2) is 0 Å². The van der Waals surface area contributed by atoms with E-state index in [4.69, 9.17) is 5.10 Å². The van der Waals surface area contributed by atoms with E-state index in [9.17, 15) is 9.59 Å². The number of carbonyl (C=O) groups is 2. The summed E-state index contributed by atoms with van der Waals surface area (Å²) in [4.78, 5) is 28.9. The van der Waals surface area contributed by atoms with Gasteiger partial charge in [0.2, 0.25) is 11.8 Å². The van der Waals surface area contributed by atoms with Crippen LogP contribution in [-0.4, -0.2) is 52.7 Å². The lowest BCUT2D eigenvalue weighted by Crippen LogP contribution is -2.43. The molecule has 7 nitrogen and oxygen atoms in total. The number of para-hydroxylation sites is 1. The molecule has 1 saturated heterocycles. The Labute approximate surface area is 211 Å². The Hall–Kier alpha value is -2.97. The number of aromatic nitrogens is 2. The van der Waals surface area contributed by atoms with E-state index in [-0.39, 0.29) is 23.1 Å². The van der Waals surface area contributed by atoms with Crippen molar-refractivity contribution in [3.05, 3.63) is 64.5 Å². The van der Waals surface area contributed by atoms with Gasteiger partial charge in [-0.3, -0.25) is 14.5 Å². The summed E-state index contributed by atoms with van der Waals surface area (Å²) < 4.78 is 1.80. The lowest BCUT2D eigenvalue weighted by molar-refractivity contribution is -0.126. The van der Waals surface area contributed by atoms with Crippen LogP contribution in [0.25, 0.3) is 5.69 Å². The van der Waals surface area contributed by atoms with E-state index in [0.717, 1.165) is 43.7 Å². The molecule has 4 rings (SSSR count). The number of benzene rings is 1. The zero-order valence-electron chi connectivity index (χ0n) is 20.8. The summed E-state index contributed by atoms with van der Waals surface area (Å²) in [5, 5.41) is 13.0. The number of nitrogens with zero attached hydrogens (tertiary/aromatic N) is 3. The molecule has 0 spiro atoms. The summed E-state index contributed by atoms with van der Waals surface area (Å²) in [6, 6.07) is 15.9. The first kappa shape index (κ1) is 25.1. The Bertz CT molecular complexity index is 1110. The monoisotopic (exact) mass is 493 g/mol. The molecular formula is C27H35N5O2S. The summed E-state index contributed by atoms with van der Waals surface area (Å²) in [6.45, 7) is 8.78. The maximum absolute atomic E-state index is 12.9. The highest BCUT2D eigenvalue weighted by atomic mass is 32.1. The average Bonchev–Trinajstić information content (AvgIpc) is 3.50. The van der Waals surface area contributed by atoms with Crippen molar-refractivity contribution in [2.75, 3.05) is 31.5 Å². The van der Waals surface area contributed by atoms with Crippen LogP contribution in [-0.2, 0) is 21.4 Å². The van der Waals surface area contributed by atoms with E-state index in [1.165, 1.54) is 4.88 Å². The molecule has 186 valence electrons. The van der Waals surface area contributed by atoms with Gasteiger partial charge in [0.25, 0.3) is 0 Å². The Morgan fingerprint density at radius 2 is 1.83 bits per heavy atom. The number of likely N-dealkylation sites (tertiary alicyclic amines) is 1. The second kappa shape index (κ2) is 11.2. The molecule has 35 heavy (non-hydrogen) atoms. The van der Waals surface area contributed by atoms with Crippen LogP contribution in [0.5, 0.6) is 0 Å². The fourth-order valence-electron chi connectivity index (χ4n) is 4.25. The lowest BCUT2D eigenvalue weighted by Gasteiger charge is -2.30. The predicted octanol–water partition coefficient (Wildman–Crippen LogP) is 4.24. The quantitative estimate of drug-likeness (QED) is 0.492. The third-order valence-electron chi connectivity index (χ3n) is 6.32.